The molecule has 166 valence electrons. The Morgan fingerprint density at radius 1 is 1.20 bits per heavy atom. The van der Waals surface area contributed by atoms with Crippen LogP contribution in [0.2, 0.25) is 0 Å². The summed E-state index contributed by atoms with van der Waals surface area (Å²) in [4.78, 5) is 28.0. The Hall–Kier alpha value is -0.930. The van der Waals surface area contributed by atoms with Crippen molar-refractivity contribution >= 4 is 51.5 Å². The second-order valence-corrected chi connectivity index (χ2v) is 11.6. The van der Waals surface area contributed by atoms with Gasteiger partial charge in [0.2, 0.25) is 5.91 Å². The molecule has 30 heavy (non-hydrogen) atoms. The summed E-state index contributed by atoms with van der Waals surface area (Å²) in [5, 5.41) is 9.92. The van der Waals surface area contributed by atoms with Gasteiger partial charge in [0.15, 0.2) is 0 Å². The summed E-state index contributed by atoms with van der Waals surface area (Å²) in [5.74, 6) is 0.987. The maximum atomic E-state index is 13.4. The smallest absolute Gasteiger partial charge is 0.350 e. The normalized spacial score (nSPS) is 27.2. The Balaban J connectivity index is 1.78. The predicted molar refractivity (Wildman–Crippen MR) is 129 cm³/mol. The Kier molecular flexibility index (Phi) is 8.77. The van der Waals surface area contributed by atoms with Crippen LogP contribution >= 0.6 is 33.9 Å². The van der Waals surface area contributed by atoms with Crippen molar-refractivity contribution in [3.63, 3.8) is 0 Å². The number of halogens is 1. The van der Waals surface area contributed by atoms with Crippen LogP contribution in [0.4, 0.5) is 5.69 Å². The molecule has 1 amide bonds. The van der Waals surface area contributed by atoms with Crippen LogP contribution < -0.4 is 4.90 Å². The van der Waals surface area contributed by atoms with Crippen molar-refractivity contribution < 1.29 is 19.4 Å². The van der Waals surface area contributed by atoms with Gasteiger partial charge in [-0.25, -0.2) is 4.79 Å². The highest BCUT2D eigenvalue weighted by molar-refractivity contribution is 14.1. The van der Waals surface area contributed by atoms with Gasteiger partial charge in [-0.05, 0) is 79.0 Å². The van der Waals surface area contributed by atoms with E-state index >= 15 is 0 Å². The monoisotopic (exact) mass is 545 g/mol. The Morgan fingerprint density at radius 3 is 2.50 bits per heavy atom. The van der Waals surface area contributed by atoms with E-state index < -0.39 is 5.97 Å². The number of allylic oxidation sites excluding steroid dienone is 1. The van der Waals surface area contributed by atoms with Crippen molar-refractivity contribution in [3.8, 4) is 0 Å². The van der Waals surface area contributed by atoms with Crippen LogP contribution in [0.1, 0.15) is 74.4 Å². The van der Waals surface area contributed by atoms with Crippen molar-refractivity contribution in [3.05, 3.63) is 26.0 Å². The zero-order valence-corrected chi connectivity index (χ0v) is 20.8. The molecule has 1 aromatic heterocycles. The summed E-state index contributed by atoms with van der Waals surface area (Å²) < 4.78 is 5.92. The molecule has 1 aromatic rings. The number of thiophene rings is 1. The van der Waals surface area contributed by atoms with Crippen molar-refractivity contribution in [1.29, 1.82) is 0 Å². The van der Waals surface area contributed by atoms with E-state index in [2.05, 4.69) is 35.6 Å². The maximum Gasteiger partial charge on any atom is 0.350 e. The highest BCUT2D eigenvalue weighted by atomic mass is 127. The molecule has 0 atom stereocenters. The highest BCUT2D eigenvalue weighted by Crippen LogP contribution is 2.37. The number of rotatable bonds is 6. The minimum atomic E-state index is -0.404. The number of ether oxygens (including phenoxy) is 1. The lowest BCUT2D eigenvalue weighted by molar-refractivity contribution is -0.118. The summed E-state index contributed by atoms with van der Waals surface area (Å²) in [6.07, 6.45) is 12.0. The van der Waals surface area contributed by atoms with Gasteiger partial charge in [0.05, 0.1) is 21.8 Å². The number of aliphatic hydroxyl groups is 1. The first kappa shape index (κ1) is 23.7. The van der Waals surface area contributed by atoms with Crippen molar-refractivity contribution in [2.75, 3.05) is 12.0 Å². The van der Waals surface area contributed by atoms with Crippen LogP contribution in [-0.2, 0) is 9.53 Å². The van der Waals surface area contributed by atoms with E-state index in [9.17, 15) is 14.7 Å². The number of hydrogen-bond acceptors (Lipinski definition) is 5. The standard InChI is InChI=1S/C23H32INO4S/c1-15-6-8-16(9-7-15)4-3-5-21(27)25(17-10-12-18(26)13-11-17)19-14-20(24)30-22(19)23(28)29-2/h3-4,14-18,26H,5-13H2,1-2H3/t15-,16-,17-,18-. The van der Waals surface area contributed by atoms with E-state index in [1.165, 1.54) is 44.1 Å². The molecule has 2 aliphatic carbocycles. The van der Waals surface area contributed by atoms with Crippen molar-refractivity contribution in [2.24, 2.45) is 11.8 Å². The average molecular weight is 545 g/mol. The molecule has 1 N–H and O–H groups in total. The van der Waals surface area contributed by atoms with Gasteiger partial charge in [-0.3, -0.25) is 4.79 Å². The van der Waals surface area contributed by atoms with Crippen LogP contribution in [-0.4, -0.2) is 36.2 Å². The third kappa shape index (κ3) is 6.07. The van der Waals surface area contributed by atoms with Gasteiger partial charge in [-0.1, -0.05) is 31.9 Å². The fourth-order valence-electron chi connectivity index (χ4n) is 4.56. The third-order valence-corrected chi connectivity index (χ3v) is 8.24. The molecule has 0 aromatic carbocycles. The van der Waals surface area contributed by atoms with E-state index in [1.807, 2.05) is 17.0 Å². The molecule has 1 heterocycles. The molecule has 0 aliphatic heterocycles. The minimum Gasteiger partial charge on any atom is -0.465 e. The molecule has 0 spiro atoms. The van der Waals surface area contributed by atoms with Crippen LogP contribution in [0.15, 0.2) is 18.2 Å². The van der Waals surface area contributed by atoms with Crippen LogP contribution in [0.3, 0.4) is 0 Å². The number of nitrogens with zero attached hydrogens (tertiary/aromatic N) is 1. The van der Waals surface area contributed by atoms with Crippen LogP contribution in [0.25, 0.3) is 0 Å². The first-order chi connectivity index (χ1) is 14.4. The summed E-state index contributed by atoms with van der Waals surface area (Å²) >= 11 is 3.54. The number of anilines is 1. The minimum absolute atomic E-state index is 0.00126. The number of methoxy groups -OCH3 is 1. The van der Waals surface area contributed by atoms with Crippen LogP contribution in [0.5, 0.6) is 0 Å². The number of esters is 1. The Bertz CT molecular complexity index is 761. The van der Waals surface area contributed by atoms with Crippen LogP contribution in [0, 0.1) is 14.7 Å². The summed E-state index contributed by atoms with van der Waals surface area (Å²) in [6.45, 7) is 2.31. The van der Waals surface area contributed by atoms with Gasteiger partial charge in [0.25, 0.3) is 0 Å². The molecule has 0 saturated heterocycles. The SMILES string of the molecule is COC(=O)c1sc(I)cc1N(C(=O)CC=C[C@H]1CC[C@H](C)CC1)[C@H]1CC[C@H](O)CC1. The molecular weight excluding hydrogens is 513 g/mol. The van der Waals surface area contributed by atoms with E-state index in [1.54, 1.807) is 0 Å². The topological polar surface area (TPSA) is 66.8 Å². The Labute approximate surface area is 197 Å². The molecule has 7 heteroatoms. The summed E-state index contributed by atoms with van der Waals surface area (Å²) in [6, 6.07) is 1.91. The summed E-state index contributed by atoms with van der Waals surface area (Å²) in [5.41, 5.74) is 0.655. The molecule has 0 unspecified atom stereocenters. The average Bonchev–Trinajstić information content (AvgIpc) is 3.11. The Morgan fingerprint density at radius 2 is 1.87 bits per heavy atom. The molecule has 0 bridgehead atoms. The van der Waals surface area contributed by atoms with Gasteiger partial charge >= 0.3 is 5.97 Å². The molecular formula is C23H32INO4S. The van der Waals surface area contributed by atoms with Crippen molar-refractivity contribution in [1.82, 2.24) is 0 Å². The van der Waals surface area contributed by atoms with E-state index in [0.717, 1.165) is 21.6 Å². The summed E-state index contributed by atoms with van der Waals surface area (Å²) in [7, 11) is 1.37. The zero-order chi connectivity index (χ0) is 21.7. The lowest BCUT2D eigenvalue weighted by atomic mass is 9.83. The quantitative estimate of drug-likeness (QED) is 0.289. The molecule has 5 nitrogen and oxygen atoms in total. The first-order valence-electron chi connectivity index (χ1n) is 10.9. The molecule has 2 fully saturated rings. The van der Waals surface area contributed by atoms with Gasteiger partial charge < -0.3 is 14.7 Å². The predicted octanol–water partition coefficient (Wildman–Crippen LogP) is 5.55. The second kappa shape index (κ2) is 11.1. The van der Waals surface area contributed by atoms with Gasteiger partial charge in [-0.15, -0.1) is 11.3 Å². The molecule has 2 aliphatic rings. The number of hydrogen-bond donors (Lipinski definition) is 1. The number of amides is 1. The number of aliphatic hydroxyl groups excluding tert-OH is 1. The number of carbonyl (C=O) groups is 2. The fourth-order valence-corrected chi connectivity index (χ4v) is 6.31. The van der Waals surface area contributed by atoms with E-state index in [4.69, 9.17) is 4.74 Å². The lowest BCUT2D eigenvalue weighted by Crippen LogP contribution is -2.43. The van der Waals surface area contributed by atoms with Crippen molar-refractivity contribution in [2.45, 2.75) is 76.9 Å². The molecule has 3 rings (SSSR count). The fraction of sp³-hybridized carbons (Fsp3) is 0.652. The number of carbonyl (C=O) groups excluding carboxylic acids is 2. The van der Waals surface area contributed by atoms with E-state index in [-0.39, 0.29) is 18.1 Å². The van der Waals surface area contributed by atoms with E-state index in [0.29, 0.717) is 35.7 Å². The second-order valence-electron chi connectivity index (χ2n) is 8.63. The van der Waals surface area contributed by atoms with Gasteiger partial charge in [0, 0.05) is 12.5 Å². The maximum absolute atomic E-state index is 13.4. The first-order valence-corrected chi connectivity index (χ1v) is 12.8. The van der Waals surface area contributed by atoms with Gasteiger partial charge in [-0.2, -0.15) is 0 Å². The molecule has 0 radical (unpaired) electrons. The molecule has 2 saturated carbocycles. The largest absolute Gasteiger partial charge is 0.465 e. The third-order valence-electron chi connectivity index (χ3n) is 6.37. The highest BCUT2D eigenvalue weighted by Gasteiger charge is 2.33. The zero-order valence-electron chi connectivity index (χ0n) is 17.8. The lowest BCUT2D eigenvalue weighted by Gasteiger charge is -2.35. The van der Waals surface area contributed by atoms with Gasteiger partial charge in [0.1, 0.15) is 4.88 Å².